The summed E-state index contributed by atoms with van der Waals surface area (Å²) in [5.41, 5.74) is -1.17. The van der Waals surface area contributed by atoms with Crippen LogP contribution >= 0.6 is 0 Å². The highest BCUT2D eigenvalue weighted by molar-refractivity contribution is 7.91. The molecule has 2 rings (SSSR count). The number of aliphatic carboxylic acids is 1. The van der Waals surface area contributed by atoms with Gasteiger partial charge in [0.05, 0.1) is 16.9 Å². The van der Waals surface area contributed by atoms with Gasteiger partial charge >= 0.3 is 12.1 Å². The maximum atomic E-state index is 11.8. The van der Waals surface area contributed by atoms with Crippen LogP contribution in [0.4, 0.5) is 4.79 Å². The lowest BCUT2D eigenvalue weighted by Crippen LogP contribution is -2.47. The Hall–Kier alpha value is -1.57. The molecule has 2 saturated heterocycles. The third-order valence-corrected chi connectivity index (χ3v) is 5.75. The predicted molar refractivity (Wildman–Crippen MR) is 69.9 cm³/mol. The Labute approximate surface area is 117 Å². The number of nitrogens with zero attached hydrogens (tertiary/aromatic N) is 1. The molecule has 0 saturated carbocycles. The number of ether oxygens (including phenoxy) is 1. The molecule has 0 aromatic heterocycles. The van der Waals surface area contributed by atoms with Crippen LogP contribution in [0.5, 0.6) is 0 Å². The maximum Gasteiger partial charge on any atom is 0.410 e. The molecule has 20 heavy (non-hydrogen) atoms. The maximum absolute atomic E-state index is 11.8. The van der Waals surface area contributed by atoms with Crippen molar-refractivity contribution in [3.05, 3.63) is 12.7 Å². The number of fused-ring (bicyclic) bond motifs is 1. The Balaban J connectivity index is 2.19. The van der Waals surface area contributed by atoms with E-state index in [4.69, 9.17) is 4.74 Å². The minimum absolute atomic E-state index is 0.00149. The molecule has 2 heterocycles. The lowest BCUT2D eigenvalue weighted by atomic mass is 9.76. The number of likely N-dealkylation sites (tertiary alicyclic amines) is 1. The third-order valence-electron chi connectivity index (χ3n) is 4.02. The number of amides is 1. The van der Waals surface area contributed by atoms with Crippen molar-refractivity contribution in [3.63, 3.8) is 0 Å². The molecule has 1 N–H and O–H groups in total. The summed E-state index contributed by atoms with van der Waals surface area (Å²) in [6.45, 7) is 3.56. The number of hydrogen-bond donors (Lipinski definition) is 1. The Morgan fingerprint density at radius 2 is 2.20 bits per heavy atom. The quantitative estimate of drug-likeness (QED) is 0.744. The zero-order valence-electron chi connectivity index (χ0n) is 10.9. The topological polar surface area (TPSA) is 101 Å². The molecule has 0 radical (unpaired) electrons. The lowest BCUT2D eigenvalue weighted by Gasteiger charge is -2.33. The number of carbonyl (C=O) groups excluding carboxylic acids is 1. The molecule has 2 fully saturated rings. The summed E-state index contributed by atoms with van der Waals surface area (Å²) in [6, 6.07) is 0. The van der Waals surface area contributed by atoms with Crippen molar-refractivity contribution in [2.24, 2.45) is 11.3 Å². The van der Waals surface area contributed by atoms with E-state index >= 15 is 0 Å². The summed E-state index contributed by atoms with van der Waals surface area (Å²) in [4.78, 5) is 24.6. The molecule has 0 aliphatic carbocycles. The molecule has 0 bridgehead atoms. The minimum atomic E-state index is -3.23. The van der Waals surface area contributed by atoms with Gasteiger partial charge in [0.15, 0.2) is 9.84 Å². The molecular formula is C12H17NO6S. The number of carboxylic acids is 1. The highest BCUT2D eigenvalue weighted by atomic mass is 32.2. The third kappa shape index (κ3) is 2.52. The Kier molecular flexibility index (Phi) is 3.77. The molecule has 7 nitrogen and oxygen atoms in total. The van der Waals surface area contributed by atoms with E-state index in [9.17, 15) is 23.1 Å². The molecule has 2 aliphatic rings. The van der Waals surface area contributed by atoms with Gasteiger partial charge in [-0.25, -0.2) is 13.2 Å². The van der Waals surface area contributed by atoms with Crippen molar-refractivity contribution in [1.29, 1.82) is 0 Å². The van der Waals surface area contributed by atoms with Crippen LogP contribution < -0.4 is 0 Å². The molecule has 8 heteroatoms. The molecule has 0 unspecified atom stereocenters. The Bertz CT molecular complexity index is 542. The van der Waals surface area contributed by atoms with Gasteiger partial charge in [-0.2, -0.15) is 0 Å². The first-order chi connectivity index (χ1) is 9.31. The number of rotatable bonds is 3. The highest BCUT2D eigenvalue weighted by Crippen LogP contribution is 2.44. The number of hydrogen-bond acceptors (Lipinski definition) is 5. The summed E-state index contributed by atoms with van der Waals surface area (Å²) in [5, 5.41) is 9.46. The standard InChI is InChI=1S/C12H17NO6S/c1-2-4-19-11(16)13-6-9-7-20(17,18)5-3-12(9,8-13)10(14)15/h2,9H,1,3-8H2,(H,14,15)/t9-,12+/m0/s1. The second kappa shape index (κ2) is 5.08. The van der Waals surface area contributed by atoms with E-state index in [1.165, 1.54) is 11.0 Å². The van der Waals surface area contributed by atoms with Gasteiger partial charge < -0.3 is 14.7 Å². The van der Waals surface area contributed by atoms with Crippen LogP contribution in [0, 0.1) is 11.3 Å². The highest BCUT2D eigenvalue weighted by Gasteiger charge is 2.57. The minimum Gasteiger partial charge on any atom is -0.481 e. The van der Waals surface area contributed by atoms with Crippen molar-refractivity contribution >= 4 is 21.9 Å². The molecule has 2 atom stereocenters. The molecule has 0 spiro atoms. The number of carbonyl (C=O) groups is 2. The molecule has 1 amide bonds. The SMILES string of the molecule is C=CCOC(=O)N1C[C@H]2CS(=O)(=O)CC[C@@]2(C(=O)O)C1. The Morgan fingerprint density at radius 3 is 2.80 bits per heavy atom. The normalized spacial score (nSPS) is 31.4. The van der Waals surface area contributed by atoms with Crippen LogP contribution in [0.15, 0.2) is 12.7 Å². The summed E-state index contributed by atoms with van der Waals surface area (Å²) in [7, 11) is -3.23. The van der Waals surface area contributed by atoms with Gasteiger partial charge in [-0.1, -0.05) is 12.7 Å². The molecular weight excluding hydrogens is 286 g/mol. The fourth-order valence-electron chi connectivity index (χ4n) is 2.91. The molecule has 0 aromatic carbocycles. The first-order valence-corrected chi connectivity index (χ1v) is 8.09. The van der Waals surface area contributed by atoms with Crippen LogP contribution in [0.25, 0.3) is 0 Å². The number of carboxylic acid groups (broad SMARTS) is 1. The van der Waals surface area contributed by atoms with E-state index in [-0.39, 0.29) is 37.6 Å². The van der Waals surface area contributed by atoms with Gasteiger partial charge in [-0.3, -0.25) is 4.79 Å². The van der Waals surface area contributed by atoms with Crippen molar-refractivity contribution in [2.45, 2.75) is 6.42 Å². The van der Waals surface area contributed by atoms with E-state index in [1.807, 2.05) is 0 Å². The van der Waals surface area contributed by atoms with Gasteiger partial charge in [0.1, 0.15) is 6.61 Å². The monoisotopic (exact) mass is 303 g/mol. The van der Waals surface area contributed by atoms with Gasteiger partial charge in [0.2, 0.25) is 0 Å². The lowest BCUT2D eigenvalue weighted by molar-refractivity contribution is -0.150. The summed E-state index contributed by atoms with van der Waals surface area (Å²) in [5.74, 6) is -1.96. The second-order valence-electron chi connectivity index (χ2n) is 5.27. The fourth-order valence-corrected chi connectivity index (χ4v) is 4.79. The fraction of sp³-hybridized carbons (Fsp3) is 0.667. The van der Waals surface area contributed by atoms with E-state index in [1.54, 1.807) is 0 Å². The van der Waals surface area contributed by atoms with Gasteiger partial charge in [-0.15, -0.1) is 0 Å². The zero-order valence-corrected chi connectivity index (χ0v) is 11.8. The van der Waals surface area contributed by atoms with Gasteiger partial charge in [-0.05, 0) is 6.42 Å². The first kappa shape index (κ1) is 14.8. The van der Waals surface area contributed by atoms with Crippen LogP contribution in [0.3, 0.4) is 0 Å². The van der Waals surface area contributed by atoms with Crippen molar-refractivity contribution in [3.8, 4) is 0 Å². The largest absolute Gasteiger partial charge is 0.481 e. The van der Waals surface area contributed by atoms with Crippen LogP contribution in [0.1, 0.15) is 6.42 Å². The van der Waals surface area contributed by atoms with Crippen molar-refractivity contribution in [2.75, 3.05) is 31.2 Å². The average molecular weight is 303 g/mol. The van der Waals surface area contributed by atoms with E-state index in [2.05, 4.69) is 6.58 Å². The van der Waals surface area contributed by atoms with Crippen molar-refractivity contribution < 1.29 is 27.9 Å². The summed E-state index contributed by atoms with van der Waals surface area (Å²) in [6.07, 6.45) is 0.830. The van der Waals surface area contributed by atoms with E-state index < -0.39 is 33.2 Å². The second-order valence-corrected chi connectivity index (χ2v) is 7.50. The van der Waals surface area contributed by atoms with Crippen LogP contribution in [0.2, 0.25) is 0 Å². The van der Waals surface area contributed by atoms with Crippen LogP contribution in [-0.4, -0.2) is 61.7 Å². The van der Waals surface area contributed by atoms with E-state index in [0.29, 0.717) is 0 Å². The molecule has 0 aromatic rings. The van der Waals surface area contributed by atoms with Crippen molar-refractivity contribution in [1.82, 2.24) is 4.90 Å². The molecule has 112 valence electrons. The average Bonchev–Trinajstić information content (AvgIpc) is 2.74. The van der Waals surface area contributed by atoms with Gasteiger partial charge in [0, 0.05) is 19.0 Å². The predicted octanol–water partition coefficient (Wildman–Crippen LogP) is 0.130. The smallest absolute Gasteiger partial charge is 0.410 e. The van der Waals surface area contributed by atoms with Crippen LogP contribution in [-0.2, 0) is 19.4 Å². The first-order valence-electron chi connectivity index (χ1n) is 6.27. The summed E-state index contributed by atoms with van der Waals surface area (Å²) >= 11 is 0. The summed E-state index contributed by atoms with van der Waals surface area (Å²) < 4.78 is 28.2. The number of sulfone groups is 1. The molecule has 2 aliphatic heterocycles. The van der Waals surface area contributed by atoms with Gasteiger partial charge in [0.25, 0.3) is 0 Å². The zero-order chi connectivity index (χ0) is 15.0. The van der Waals surface area contributed by atoms with E-state index in [0.717, 1.165) is 0 Å². The Morgan fingerprint density at radius 1 is 1.50 bits per heavy atom.